The van der Waals surface area contributed by atoms with Gasteiger partial charge in [0.2, 0.25) is 0 Å². The van der Waals surface area contributed by atoms with E-state index in [0.29, 0.717) is 48.3 Å². The van der Waals surface area contributed by atoms with Gasteiger partial charge in [-0.15, -0.1) is 0 Å². The summed E-state index contributed by atoms with van der Waals surface area (Å²) < 4.78 is 9.74. The smallest absolute Gasteiger partial charge is 0.434 e. The van der Waals surface area contributed by atoms with Gasteiger partial charge in [0, 0.05) is 30.3 Å². The number of aromatic nitrogens is 2. The molecule has 0 aliphatic carbocycles. The molecule has 3 aromatic rings. The van der Waals surface area contributed by atoms with Crippen molar-refractivity contribution in [3.05, 3.63) is 65.0 Å². The van der Waals surface area contributed by atoms with Gasteiger partial charge in [-0.05, 0) is 76.1 Å². The number of hydrogen-bond acceptors (Lipinski definition) is 7. The molecule has 1 aromatic heterocycles. The number of amides is 2. The highest BCUT2D eigenvalue weighted by molar-refractivity contribution is 5.97. The van der Waals surface area contributed by atoms with Crippen molar-refractivity contribution in [1.29, 1.82) is 0 Å². The lowest BCUT2D eigenvalue weighted by atomic mass is 10.0. The number of nitrogens with one attached hydrogen (secondary N) is 1. The summed E-state index contributed by atoms with van der Waals surface area (Å²) in [6, 6.07) is 11.7. The number of hydrogen-bond donors (Lipinski definition) is 1. The third kappa shape index (κ3) is 5.74. The topological polar surface area (TPSA) is 111 Å². The lowest BCUT2D eigenvalue weighted by Gasteiger charge is -2.32. The number of fused-ring (bicyclic) bond motifs is 1. The Hall–Kier alpha value is -4.01. The van der Waals surface area contributed by atoms with Gasteiger partial charge in [0.1, 0.15) is 5.75 Å². The largest absolute Gasteiger partial charge is 0.513 e. The van der Waals surface area contributed by atoms with Crippen LogP contribution in [0.25, 0.3) is 11.0 Å². The van der Waals surface area contributed by atoms with Gasteiger partial charge in [0.05, 0.1) is 29.0 Å². The molecule has 0 radical (unpaired) electrons. The molecule has 0 spiro atoms. The highest BCUT2D eigenvalue weighted by Crippen LogP contribution is 2.19. The molecule has 4 rings (SSSR count). The van der Waals surface area contributed by atoms with Crippen LogP contribution in [0.5, 0.6) is 5.75 Å². The second kappa shape index (κ2) is 10.5. The Kier molecular flexibility index (Phi) is 7.24. The maximum atomic E-state index is 13.0. The molecule has 0 atom stereocenters. The van der Waals surface area contributed by atoms with Gasteiger partial charge in [0.25, 0.3) is 11.8 Å². The minimum absolute atomic E-state index is 0.0323. The maximum absolute atomic E-state index is 13.0. The van der Waals surface area contributed by atoms with Crippen molar-refractivity contribution in [3.63, 3.8) is 0 Å². The number of carbonyl (C=O) groups is 3. The van der Waals surface area contributed by atoms with Gasteiger partial charge in [-0.25, -0.2) is 14.8 Å². The summed E-state index contributed by atoms with van der Waals surface area (Å²) in [5.41, 5.74) is 4.25. The van der Waals surface area contributed by atoms with E-state index >= 15 is 0 Å². The molecular weight excluding hydrogens is 448 g/mol. The minimum atomic E-state index is -0.784. The second-order valence-electron chi connectivity index (χ2n) is 8.45. The quantitative estimate of drug-likeness (QED) is 0.440. The summed E-state index contributed by atoms with van der Waals surface area (Å²) >= 11 is 0. The lowest BCUT2D eigenvalue weighted by Crippen LogP contribution is -2.46. The van der Waals surface area contributed by atoms with E-state index in [4.69, 9.17) is 9.47 Å². The number of rotatable bonds is 5. The zero-order chi connectivity index (χ0) is 24.9. The van der Waals surface area contributed by atoms with Crippen molar-refractivity contribution in [2.45, 2.75) is 39.7 Å². The number of carbonyl (C=O) groups excluding carboxylic acids is 3. The first-order valence-corrected chi connectivity index (χ1v) is 11.6. The van der Waals surface area contributed by atoms with Gasteiger partial charge >= 0.3 is 6.16 Å². The van der Waals surface area contributed by atoms with Crippen LogP contribution in [0.4, 0.5) is 4.79 Å². The van der Waals surface area contributed by atoms with E-state index in [1.54, 1.807) is 48.2 Å². The predicted molar refractivity (Wildman–Crippen MR) is 129 cm³/mol. The fourth-order valence-electron chi connectivity index (χ4n) is 3.96. The Morgan fingerprint density at radius 2 is 1.57 bits per heavy atom. The van der Waals surface area contributed by atoms with Gasteiger partial charge < -0.3 is 19.7 Å². The van der Waals surface area contributed by atoms with Crippen LogP contribution in [0.3, 0.4) is 0 Å². The van der Waals surface area contributed by atoms with Crippen LogP contribution in [0.1, 0.15) is 51.9 Å². The molecule has 1 N–H and O–H groups in total. The number of aryl methyl sites for hydroxylation is 2. The summed E-state index contributed by atoms with van der Waals surface area (Å²) in [5, 5.41) is 3.02. The van der Waals surface area contributed by atoms with Crippen molar-refractivity contribution in [3.8, 4) is 5.75 Å². The van der Waals surface area contributed by atoms with E-state index < -0.39 is 6.16 Å². The number of likely N-dealkylation sites (tertiary alicyclic amines) is 1. The Bertz CT molecular complexity index is 1250. The van der Waals surface area contributed by atoms with Crippen molar-refractivity contribution in [2.24, 2.45) is 0 Å². The molecule has 1 fully saturated rings. The first kappa shape index (κ1) is 24.1. The summed E-state index contributed by atoms with van der Waals surface area (Å²) in [4.78, 5) is 47.9. The molecule has 2 amide bonds. The van der Waals surface area contributed by atoms with Crippen molar-refractivity contribution in [2.75, 3.05) is 19.7 Å². The summed E-state index contributed by atoms with van der Waals surface area (Å²) in [6.07, 6.45) is 0.535. The van der Waals surface area contributed by atoms with E-state index in [0.717, 1.165) is 16.9 Å². The van der Waals surface area contributed by atoms with Crippen molar-refractivity contribution in [1.82, 2.24) is 20.2 Å². The molecule has 2 heterocycles. The monoisotopic (exact) mass is 476 g/mol. The molecule has 182 valence electrons. The average Bonchev–Trinajstić information content (AvgIpc) is 2.85. The molecule has 2 aromatic carbocycles. The van der Waals surface area contributed by atoms with Crippen LogP contribution in [0, 0.1) is 13.8 Å². The van der Waals surface area contributed by atoms with Crippen LogP contribution < -0.4 is 10.1 Å². The van der Waals surface area contributed by atoms with E-state index in [2.05, 4.69) is 15.3 Å². The van der Waals surface area contributed by atoms with Crippen molar-refractivity contribution < 1.29 is 23.9 Å². The van der Waals surface area contributed by atoms with E-state index in [9.17, 15) is 14.4 Å². The third-order valence-electron chi connectivity index (χ3n) is 6.02. The highest BCUT2D eigenvalue weighted by Gasteiger charge is 2.25. The van der Waals surface area contributed by atoms with Crippen LogP contribution in [0.2, 0.25) is 0 Å². The Morgan fingerprint density at radius 3 is 2.23 bits per heavy atom. The zero-order valence-electron chi connectivity index (χ0n) is 20.0. The zero-order valence-corrected chi connectivity index (χ0v) is 20.0. The van der Waals surface area contributed by atoms with Gasteiger partial charge in [0.15, 0.2) is 0 Å². The van der Waals surface area contributed by atoms with Gasteiger partial charge in [-0.1, -0.05) is 0 Å². The maximum Gasteiger partial charge on any atom is 0.513 e. The van der Waals surface area contributed by atoms with Crippen LogP contribution in [-0.4, -0.2) is 58.6 Å². The predicted octanol–water partition coefficient (Wildman–Crippen LogP) is 3.82. The number of ether oxygens (including phenoxy) is 2. The van der Waals surface area contributed by atoms with E-state index in [1.807, 2.05) is 19.9 Å². The normalized spacial score (nSPS) is 14.0. The first-order chi connectivity index (χ1) is 16.8. The first-order valence-electron chi connectivity index (χ1n) is 11.6. The van der Waals surface area contributed by atoms with Gasteiger partial charge in [-0.3, -0.25) is 9.59 Å². The molecule has 1 aliphatic heterocycles. The summed E-state index contributed by atoms with van der Waals surface area (Å²) in [7, 11) is 0. The Morgan fingerprint density at radius 1 is 0.943 bits per heavy atom. The molecule has 9 nitrogen and oxygen atoms in total. The number of piperidine rings is 1. The SMILES string of the molecule is CCOC(=O)Oc1ccc(C(=O)NC2CCN(C(=O)c3ccc4nc(C)c(C)nc4c3)CC2)cc1. The number of nitrogens with zero attached hydrogens (tertiary/aromatic N) is 3. The molecule has 0 bridgehead atoms. The molecule has 0 unspecified atom stereocenters. The van der Waals surface area contributed by atoms with E-state index in [-0.39, 0.29) is 24.5 Å². The average molecular weight is 477 g/mol. The third-order valence-corrected chi connectivity index (χ3v) is 6.02. The lowest BCUT2D eigenvalue weighted by molar-refractivity contribution is 0.0698. The van der Waals surface area contributed by atoms with Crippen molar-refractivity contribution >= 4 is 29.0 Å². The second-order valence-corrected chi connectivity index (χ2v) is 8.45. The fraction of sp³-hybridized carbons (Fsp3) is 0.346. The number of benzene rings is 2. The van der Waals surface area contributed by atoms with Crippen LogP contribution in [-0.2, 0) is 4.74 Å². The molecule has 0 saturated carbocycles. The molecule has 1 saturated heterocycles. The molecular formula is C26H28N4O5. The molecule has 35 heavy (non-hydrogen) atoms. The Balaban J connectivity index is 1.31. The molecule has 1 aliphatic rings. The van der Waals surface area contributed by atoms with Crippen LogP contribution in [0.15, 0.2) is 42.5 Å². The van der Waals surface area contributed by atoms with Gasteiger partial charge in [-0.2, -0.15) is 0 Å². The summed E-state index contributed by atoms with van der Waals surface area (Å²) in [5.74, 6) is 0.0434. The standard InChI is InChI=1S/C26H28N4O5/c1-4-34-26(33)35-21-8-5-18(6-9-21)24(31)29-20-11-13-30(14-12-20)25(32)19-7-10-22-23(15-19)28-17(3)16(2)27-22/h5-10,15,20H,4,11-14H2,1-3H3,(H,29,31). The highest BCUT2D eigenvalue weighted by atomic mass is 16.7. The Labute approximate surface area is 203 Å². The summed E-state index contributed by atoms with van der Waals surface area (Å²) in [6.45, 7) is 6.83. The van der Waals surface area contributed by atoms with Crippen LogP contribution >= 0.6 is 0 Å². The van der Waals surface area contributed by atoms with E-state index in [1.165, 1.54) is 0 Å². The minimum Gasteiger partial charge on any atom is -0.434 e. The molecule has 9 heteroatoms. The fourth-order valence-corrected chi connectivity index (χ4v) is 3.96.